The molecule has 0 heterocycles. The maximum Gasteiger partial charge on any atom is 0.0425 e. The average Bonchev–Trinajstić information content (AvgIpc) is 3.21. The van der Waals surface area contributed by atoms with Gasteiger partial charge in [0, 0.05) is 29.3 Å². The first kappa shape index (κ1) is 14.9. The van der Waals surface area contributed by atoms with Crippen LogP contribution < -0.4 is 10.2 Å². The Morgan fingerprint density at radius 1 is 1.37 bits per heavy atom. The van der Waals surface area contributed by atoms with Crippen LogP contribution in [0.1, 0.15) is 45.2 Å². The minimum atomic E-state index is 0.391. The molecule has 0 radical (unpaired) electrons. The summed E-state index contributed by atoms with van der Waals surface area (Å²) in [6, 6.07) is 7.65. The highest BCUT2D eigenvalue weighted by molar-refractivity contribution is 9.10. The van der Waals surface area contributed by atoms with Crippen molar-refractivity contribution in [2.45, 2.75) is 45.7 Å². The van der Waals surface area contributed by atoms with Crippen molar-refractivity contribution in [3.05, 3.63) is 28.2 Å². The number of halogens is 1. The van der Waals surface area contributed by atoms with Crippen molar-refractivity contribution in [1.29, 1.82) is 0 Å². The van der Waals surface area contributed by atoms with E-state index in [1.807, 2.05) is 0 Å². The quantitative estimate of drug-likeness (QED) is 0.836. The lowest BCUT2D eigenvalue weighted by Crippen LogP contribution is -2.32. The van der Waals surface area contributed by atoms with Gasteiger partial charge in [-0.2, -0.15) is 0 Å². The third kappa shape index (κ3) is 3.51. The lowest BCUT2D eigenvalue weighted by molar-refractivity contribution is 0.579. The number of anilines is 1. The molecule has 1 N–H and O–H groups in total. The molecule has 0 bridgehead atoms. The highest BCUT2D eigenvalue weighted by Gasteiger charge is 2.31. The summed E-state index contributed by atoms with van der Waals surface area (Å²) in [4.78, 5) is 2.45. The highest BCUT2D eigenvalue weighted by atomic mass is 79.9. The van der Waals surface area contributed by atoms with Gasteiger partial charge in [-0.25, -0.2) is 0 Å². The van der Waals surface area contributed by atoms with E-state index >= 15 is 0 Å². The Hall–Kier alpha value is -0.540. The molecule has 19 heavy (non-hydrogen) atoms. The predicted octanol–water partition coefficient (Wildman–Crippen LogP) is 4.35. The summed E-state index contributed by atoms with van der Waals surface area (Å²) < 4.78 is 1.16. The summed E-state index contributed by atoms with van der Waals surface area (Å²) in [5.74, 6) is 0.881. The fourth-order valence-electron chi connectivity index (χ4n) is 2.72. The zero-order valence-corrected chi connectivity index (χ0v) is 14.0. The summed E-state index contributed by atoms with van der Waals surface area (Å²) in [6.07, 6.45) is 2.77. The second-order valence-corrected chi connectivity index (χ2v) is 6.59. The van der Waals surface area contributed by atoms with Gasteiger partial charge in [-0.15, -0.1) is 0 Å². The Kier molecular flexibility index (Phi) is 4.91. The monoisotopic (exact) mass is 324 g/mol. The minimum absolute atomic E-state index is 0.391. The van der Waals surface area contributed by atoms with Gasteiger partial charge in [0.25, 0.3) is 0 Å². The number of nitrogens with zero attached hydrogens (tertiary/aromatic N) is 1. The van der Waals surface area contributed by atoms with Gasteiger partial charge in [-0.1, -0.05) is 28.9 Å². The molecule has 0 amide bonds. The van der Waals surface area contributed by atoms with Crippen LogP contribution in [0.15, 0.2) is 22.7 Å². The van der Waals surface area contributed by atoms with Crippen LogP contribution in [0.5, 0.6) is 0 Å². The molecule has 1 aromatic carbocycles. The molecule has 2 unspecified atom stereocenters. The second-order valence-electron chi connectivity index (χ2n) is 5.67. The van der Waals surface area contributed by atoms with Crippen LogP contribution in [0.25, 0.3) is 0 Å². The summed E-state index contributed by atoms with van der Waals surface area (Å²) in [6.45, 7) is 7.75. The maximum absolute atomic E-state index is 3.61. The third-order valence-corrected chi connectivity index (χ3v) is 4.76. The first-order valence-corrected chi connectivity index (χ1v) is 8.09. The van der Waals surface area contributed by atoms with Gasteiger partial charge in [0.1, 0.15) is 0 Å². The van der Waals surface area contributed by atoms with E-state index in [1.54, 1.807) is 0 Å². The van der Waals surface area contributed by atoms with Gasteiger partial charge >= 0.3 is 0 Å². The number of rotatable bonds is 6. The standard InChI is InChI=1S/C16H25BrN2/c1-5-18-11(2)15-9-8-14(17)10-16(15)19(4)12(3)13-6-7-13/h8-13,18H,5-7H2,1-4H3. The Morgan fingerprint density at radius 3 is 2.63 bits per heavy atom. The number of hydrogen-bond donors (Lipinski definition) is 1. The molecule has 0 aromatic heterocycles. The molecule has 0 aliphatic heterocycles. The molecule has 0 saturated heterocycles. The molecular formula is C16H25BrN2. The van der Waals surface area contributed by atoms with Gasteiger partial charge in [-0.3, -0.25) is 0 Å². The second kappa shape index (κ2) is 6.27. The van der Waals surface area contributed by atoms with Crippen molar-refractivity contribution in [2.24, 2.45) is 5.92 Å². The van der Waals surface area contributed by atoms with Crippen molar-refractivity contribution in [1.82, 2.24) is 5.32 Å². The van der Waals surface area contributed by atoms with Crippen LogP contribution in [0.4, 0.5) is 5.69 Å². The SMILES string of the molecule is CCNC(C)c1ccc(Br)cc1N(C)C(C)C1CC1. The average molecular weight is 325 g/mol. The molecule has 106 valence electrons. The van der Waals surface area contributed by atoms with E-state index in [-0.39, 0.29) is 0 Å². The van der Waals surface area contributed by atoms with Crippen molar-refractivity contribution >= 4 is 21.6 Å². The molecule has 1 saturated carbocycles. The Morgan fingerprint density at radius 2 is 2.05 bits per heavy atom. The van der Waals surface area contributed by atoms with Crippen LogP contribution in [0, 0.1) is 5.92 Å². The van der Waals surface area contributed by atoms with Crippen LogP contribution in [0.3, 0.4) is 0 Å². The van der Waals surface area contributed by atoms with Gasteiger partial charge in [-0.05, 0) is 56.8 Å². The van der Waals surface area contributed by atoms with Crippen molar-refractivity contribution in [3.8, 4) is 0 Å². The van der Waals surface area contributed by atoms with Crippen LogP contribution >= 0.6 is 15.9 Å². The van der Waals surface area contributed by atoms with E-state index in [4.69, 9.17) is 0 Å². The molecule has 2 rings (SSSR count). The van der Waals surface area contributed by atoms with Crippen molar-refractivity contribution < 1.29 is 0 Å². The Labute approximate surface area is 125 Å². The maximum atomic E-state index is 3.61. The van der Waals surface area contributed by atoms with E-state index in [2.05, 4.69) is 72.2 Å². The fraction of sp³-hybridized carbons (Fsp3) is 0.625. The number of benzene rings is 1. The van der Waals surface area contributed by atoms with E-state index < -0.39 is 0 Å². The first-order valence-electron chi connectivity index (χ1n) is 7.30. The van der Waals surface area contributed by atoms with Crippen LogP contribution in [-0.4, -0.2) is 19.6 Å². The molecule has 1 aliphatic carbocycles. The van der Waals surface area contributed by atoms with Gasteiger partial charge in [0.2, 0.25) is 0 Å². The number of hydrogen-bond acceptors (Lipinski definition) is 2. The van der Waals surface area contributed by atoms with Gasteiger partial charge in [0.05, 0.1) is 0 Å². The summed E-state index contributed by atoms with van der Waals surface area (Å²) >= 11 is 3.61. The molecule has 1 aliphatic rings. The van der Waals surface area contributed by atoms with E-state index in [0.29, 0.717) is 12.1 Å². The largest absolute Gasteiger partial charge is 0.371 e. The zero-order valence-electron chi connectivity index (χ0n) is 12.4. The minimum Gasteiger partial charge on any atom is -0.371 e. The lowest BCUT2D eigenvalue weighted by atomic mass is 10.0. The molecule has 2 nitrogen and oxygen atoms in total. The Balaban J connectivity index is 2.27. The van der Waals surface area contributed by atoms with E-state index in [9.17, 15) is 0 Å². The molecule has 3 heteroatoms. The highest BCUT2D eigenvalue weighted by Crippen LogP contribution is 2.38. The third-order valence-electron chi connectivity index (χ3n) is 4.26. The van der Waals surface area contributed by atoms with Crippen LogP contribution in [0.2, 0.25) is 0 Å². The van der Waals surface area contributed by atoms with E-state index in [1.165, 1.54) is 24.1 Å². The summed E-state index contributed by atoms with van der Waals surface area (Å²) in [5.41, 5.74) is 2.74. The molecule has 1 fully saturated rings. The van der Waals surface area contributed by atoms with E-state index in [0.717, 1.165) is 16.9 Å². The number of nitrogens with one attached hydrogen (secondary N) is 1. The Bertz CT molecular complexity index is 429. The zero-order chi connectivity index (χ0) is 14.0. The molecule has 1 aromatic rings. The summed E-state index contributed by atoms with van der Waals surface area (Å²) in [7, 11) is 2.23. The van der Waals surface area contributed by atoms with Crippen molar-refractivity contribution in [2.75, 3.05) is 18.5 Å². The van der Waals surface area contributed by atoms with Gasteiger partial charge < -0.3 is 10.2 Å². The smallest absolute Gasteiger partial charge is 0.0425 e. The lowest BCUT2D eigenvalue weighted by Gasteiger charge is -2.31. The molecular weight excluding hydrogens is 300 g/mol. The van der Waals surface area contributed by atoms with Gasteiger partial charge in [0.15, 0.2) is 0 Å². The summed E-state index contributed by atoms with van der Waals surface area (Å²) in [5, 5.41) is 3.52. The predicted molar refractivity (Wildman–Crippen MR) is 86.8 cm³/mol. The van der Waals surface area contributed by atoms with Crippen LogP contribution in [-0.2, 0) is 0 Å². The topological polar surface area (TPSA) is 15.3 Å². The molecule has 2 atom stereocenters. The fourth-order valence-corrected chi connectivity index (χ4v) is 3.07. The first-order chi connectivity index (χ1) is 9.04. The normalized spacial score (nSPS) is 18.2. The molecule has 0 spiro atoms. The van der Waals surface area contributed by atoms with Crippen molar-refractivity contribution in [3.63, 3.8) is 0 Å².